The van der Waals surface area contributed by atoms with Crippen LogP contribution in [0.5, 0.6) is 11.5 Å². The van der Waals surface area contributed by atoms with E-state index in [-0.39, 0.29) is 28.7 Å². The third-order valence-corrected chi connectivity index (χ3v) is 6.64. The SMILES string of the molecule is COc1ccc2c3c(n(NC(=O)C4CCOC(C)(C)C4)c(=O)c2c1OC)-c1ccccc1C3=O. The molecular weight excluding hydrogens is 436 g/mol. The van der Waals surface area contributed by atoms with E-state index >= 15 is 0 Å². The van der Waals surface area contributed by atoms with Gasteiger partial charge in [-0.25, -0.2) is 4.68 Å². The van der Waals surface area contributed by atoms with Crippen molar-refractivity contribution in [2.45, 2.75) is 32.3 Å². The first-order chi connectivity index (χ1) is 16.3. The molecule has 0 bridgehead atoms. The third kappa shape index (κ3) is 3.28. The molecule has 34 heavy (non-hydrogen) atoms. The van der Waals surface area contributed by atoms with E-state index in [2.05, 4.69) is 5.43 Å². The van der Waals surface area contributed by atoms with Gasteiger partial charge in [0.2, 0.25) is 5.91 Å². The standard InChI is InChI=1S/C26H26N2O6/c1-26(2)13-14(11-12-34-26)24(30)27-28-21-15-7-5-6-8-16(15)22(29)19(21)17-9-10-18(32-3)23(33-4)20(17)25(28)31/h5-10,14H,11-13H2,1-4H3,(H,27,30). The molecule has 8 heteroatoms. The lowest BCUT2D eigenvalue weighted by molar-refractivity contribution is -0.131. The lowest BCUT2D eigenvalue weighted by Gasteiger charge is -2.34. The molecule has 1 fully saturated rings. The number of fused-ring (bicyclic) bond motifs is 5. The van der Waals surface area contributed by atoms with E-state index in [4.69, 9.17) is 14.2 Å². The molecule has 1 saturated heterocycles. The molecular formula is C26H26N2O6. The van der Waals surface area contributed by atoms with Gasteiger partial charge in [-0.2, -0.15) is 0 Å². The number of pyridine rings is 1. The number of amides is 1. The van der Waals surface area contributed by atoms with Gasteiger partial charge in [-0.15, -0.1) is 0 Å². The molecule has 0 saturated carbocycles. The number of rotatable bonds is 4. The normalized spacial score (nSPS) is 18.4. The van der Waals surface area contributed by atoms with Crippen LogP contribution in [0.2, 0.25) is 0 Å². The smallest absolute Gasteiger partial charge is 0.281 e. The molecule has 1 N–H and O–H groups in total. The summed E-state index contributed by atoms with van der Waals surface area (Å²) in [5.41, 5.74) is 3.71. The highest BCUT2D eigenvalue weighted by atomic mass is 16.5. The van der Waals surface area contributed by atoms with Crippen LogP contribution in [-0.4, -0.2) is 42.8 Å². The largest absolute Gasteiger partial charge is 0.493 e. The summed E-state index contributed by atoms with van der Waals surface area (Å²) >= 11 is 0. The number of carbonyl (C=O) groups is 2. The van der Waals surface area contributed by atoms with Crippen molar-refractivity contribution in [2.24, 2.45) is 5.92 Å². The second-order valence-corrected chi connectivity index (χ2v) is 9.24. The van der Waals surface area contributed by atoms with Crippen LogP contribution < -0.4 is 20.5 Å². The quantitative estimate of drug-likeness (QED) is 0.499. The van der Waals surface area contributed by atoms with Gasteiger partial charge in [0.05, 0.1) is 36.5 Å². The van der Waals surface area contributed by atoms with Gasteiger partial charge in [-0.3, -0.25) is 19.8 Å². The molecule has 176 valence electrons. The average Bonchev–Trinajstić information content (AvgIpc) is 3.12. The van der Waals surface area contributed by atoms with Crippen LogP contribution in [0.1, 0.15) is 42.6 Å². The topological polar surface area (TPSA) is 95.9 Å². The molecule has 0 radical (unpaired) electrons. The van der Waals surface area contributed by atoms with Crippen molar-refractivity contribution in [1.29, 1.82) is 0 Å². The first kappa shape index (κ1) is 22.2. The van der Waals surface area contributed by atoms with Crippen molar-refractivity contribution >= 4 is 22.5 Å². The zero-order chi connectivity index (χ0) is 24.2. The summed E-state index contributed by atoms with van der Waals surface area (Å²) in [5.74, 6) is -0.260. The minimum atomic E-state index is -0.492. The molecule has 1 aliphatic carbocycles. The Morgan fingerprint density at radius 3 is 2.50 bits per heavy atom. The Morgan fingerprint density at radius 1 is 1.09 bits per heavy atom. The molecule has 1 atom stereocenters. The summed E-state index contributed by atoms with van der Waals surface area (Å²) in [4.78, 5) is 40.7. The summed E-state index contributed by atoms with van der Waals surface area (Å²) in [6.45, 7) is 4.35. The third-order valence-electron chi connectivity index (χ3n) is 6.64. The molecule has 3 aromatic rings. The second kappa shape index (κ2) is 7.99. The molecule has 2 heterocycles. The fraction of sp³-hybridized carbons (Fsp3) is 0.346. The molecule has 0 spiro atoms. The number of nitrogens with zero attached hydrogens (tertiary/aromatic N) is 1. The van der Waals surface area contributed by atoms with Crippen LogP contribution in [0.3, 0.4) is 0 Å². The zero-order valence-corrected chi connectivity index (χ0v) is 19.6. The van der Waals surface area contributed by atoms with Crippen LogP contribution in [0.25, 0.3) is 22.0 Å². The molecule has 2 aliphatic rings. The van der Waals surface area contributed by atoms with Gasteiger partial charge < -0.3 is 14.2 Å². The first-order valence-electron chi connectivity index (χ1n) is 11.2. The van der Waals surface area contributed by atoms with Gasteiger partial charge in [0.15, 0.2) is 17.3 Å². The van der Waals surface area contributed by atoms with E-state index in [1.807, 2.05) is 13.8 Å². The highest BCUT2D eigenvalue weighted by molar-refractivity contribution is 6.27. The summed E-state index contributed by atoms with van der Waals surface area (Å²) in [5, 5.41) is 0.630. The molecule has 2 aromatic carbocycles. The number of methoxy groups -OCH3 is 2. The maximum absolute atomic E-state index is 13.9. The number of aromatic nitrogens is 1. The maximum Gasteiger partial charge on any atom is 0.281 e. The Kier molecular flexibility index (Phi) is 5.20. The molecule has 1 aromatic heterocycles. The monoisotopic (exact) mass is 462 g/mol. The minimum absolute atomic E-state index is 0.175. The Balaban J connectivity index is 1.76. The zero-order valence-electron chi connectivity index (χ0n) is 19.6. The minimum Gasteiger partial charge on any atom is -0.493 e. The van der Waals surface area contributed by atoms with Gasteiger partial charge in [0.25, 0.3) is 5.56 Å². The Hall–Kier alpha value is -3.65. The number of ketones is 1. The molecule has 1 amide bonds. The Morgan fingerprint density at radius 2 is 1.82 bits per heavy atom. The van der Waals surface area contributed by atoms with Crippen LogP contribution in [-0.2, 0) is 9.53 Å². The highest BCUT2D eigenvalue weighted by Crippen LogP contribution is 2.42. The van der Waals surface area contributed by atoms with Crippen LogP contribution in [0.4, 0.5) is 0 Å². The molecule has 8 nitrogen and oxygen atoms in total. The van der Waals surface area contributed by atoms with Crippen LogP contribution in [0.15, 0.2) is 41.2 Å². The van der Waals surface area contributed by atoms with Gasteiger partial charge in [-0.05, 0) is 38.8 Å². The maximum atomic E-state index is 13.9. The van der Waals surface area contributed by atoms with E-state index in [9.17, 15) is 14.4 Å². The summed E-state index contributed by atoms with van der Waals surface area (Å²) in [7, 11) is 2.92. The number of benzene rings is 2. The van der Waals surface area contributed by atoms with Crippen molar-refractivity contribution in [1.82, 2.24) is 4.68 Å². The average molecular weight is 463 g/mol. The number of nitrogens with one attached hydrogen (secondary N) is 1. The highest BCUT2D eigenvalue weighted by Gasteiger charge is 2.37. The predicted molar refractivity (Wildman–Crippen MR) is 127 cm³/mol. The van der Waals surface area contributed by atoms with Crippen LogP contribution >= 0.6 is 0 Å². The number of hydrogen-bond acceptors (Lipinski definition) is 6. The van der Waals surface area contributed by atoms with E-state index in [0.717, 1.165) is 0 Å². The van der Waals surface area contributed by atoms with E-state index < -0.39 is 11.2 Å². The summed E-state index contributed by atoms with van der Waals surface area (Å²) in [6, 6.07) is 10.4. The van der Waals surface area contributed by atoms with Crippen molar-refractivity contribution in [3.8, 4) is 22.8 Å². The summed E-state index contributed by atoms with van der Waals surface area (Å²) in [6.07, 6.45) is 1.07. The fourth-order valence-electron chi connectivity index (χ4n) is 5.07. The molecule has 1 unspecified atom stereocenters. The second-order valence-electron chi connectivity index (χ2n) is 9.24. The first-order valence-corrected chi connectivity index (χ1v) is 11.2. The summed E-state index contributed by atoms with van der Waals surface area (Å²) < 4.78 is 17.9. The van der Waals surface area contributed by atoms with Crippen molar-refractivity contribution in [3.05, 3.63) is 57.9 Å². The molecule has 1 aliphatic heterocycles. The Bertz CT molecular complexity index is 1400. The number of ether oxygens (including phenoxy) is 3. The van der Waals surface area contributed by atoms with Gasteiger partial charge in [0, 0.05) is 29.0 Å². The Labute approximate surface area is 196 Å². The van der Waals surface area contributed by atoms with Crippen molar-refractivity contribution in [2.75, 3.05) is 26.3 Å². The molecule has 5 rings (SSSR count). The van der Waals surface area contributed by atoms with Crippen molar-refractivity contribution in [3.63, 3.8) is 0 Å². The van der Waals surface area contributed by atoms with Gasteiger partial charge >= 0.3 is 0 Å². The predicted octanol–water partition coefficient (Wildman–Crippen LogP) is 3.51. The van der Waals surface area contributed by atoms with E-state index in [1.54, 1.807) is 36.4 Å². The van der Waals surface area contributed by atoms with Crippen LogP contribution in [0, 0.1) is 5.92 Å². The number of carbonyl (C=O) groups excluding carboxylic acids is 2. The van der Waals surface area contributed by atoms with Crippen molar-refractivity contribution < 1.29 is 23.8 Å². The lowest BCUT2D eigenvalue weighted by Crippen LogP contribution is -2.43. The lowest BCUT2D eigenvalue weighted by atomic mass is 9.88. The fourth-order valence-corrected chi connectivity index (χ4v) is 5.07. The number of hydrogen-bond donors (Lipinski definition) is 1. The van der Waals surface area contributed by atoms with E-state index in [1.165, 1.54) is 18.9 Å². The van der Waals surface area contributed by atoms with Gasteiger partial charge in [0.1, 0.15) is 0 Å². The van der Waals surface area contributed by atoms with Gasteiger partial charge in [-0.1, -0.05) is 24.3 Å². The van der Waals surface area contributed by atoms with E-state index in [0.29, 0.717) is 53.0 Å².